The van der Waals surface area contributed by atoms with Gasteiger partial charge in [0.2, 0.25) is 5.91 Å². The summed E-state index contributed by atoms with van der Waals surface area (Å²) in [5.74, 6) is 1.54. The average Bonchev–Trinajstić information content (AvgIpc) is 2.37. The number of rotatable bonds is 7. The molecule has 0 fully saturated rings. The predicted octanol–water partition coefficient (Wildman–Crippen LogP) is 3.34. The Labute approximate surface area is 114 Å². The Morgan fingerprint density at radius 2 is 2.06 bits per heavy atom. The molecule has 3 heteroatoms. The van der Waals surface area contributed by atoms with Crippen molar-refractivity contribution < 1.29 is 4.79 Å². The van der Waals surface area contributed by atoms with E-state index in [0.29, 0.717) is 12.3 Å². The lowest BCUT2D eigenvalue weighted by Gasteiger charge is -2.26. The zero-order valence-corrected chi connectivity index (χ0v) is 12.0. The molecule has 0 atom stereocenters. The van der Waals surface area contributed by atoms with Crippen molar-refractivity contribution in [2.75, 3.05) is 11.5 Å². The van der Waals surface area contributed by atoms with E-state index in [2.05, 4.69) is 32.6 Å². The fourth-order valence-electron chi connectivity index (χ4n) is 1.65. The molecule has 0 bridgehead atoms. The summed E-state index contributed by atoms with van der Waals surface area (Å²) < 4.78 is 0. The molecule has 1 rings (SSSR count). The number of carbonyl (C=O) groups excluding carboxylic acids is 1. The lowest BCUT2D eigenvalue weighted by Crippen LogP contribution is -2.37. The Morgan fingerprint density at radius 3 is 2.61 bits per heavy atom. The van der Waals surface area contributed by atoms with Crippen LogP contribution in [0.3, 0.4) is 0 Å². The van der Waals surface area contributed by atoms with E-state index in [1.807, 2.05) is 29.2 Å². The number of nitrogens with zero attached hydrogens (tertiary/aromatic N) is 1. The van der Waals surface area contributed by atoms with Crippen LogP contribution in [0.1, 0.15) is 19.4 Å². The maximum absolute atomic E-state index is 12.1. The fraction of sp³-hybridized carbons (Fsp3) is 0.400. The van der Waals surface area contributed by atoms with E-state index in [1.165, 1.54) is 5.56 Å². The summed E-state index contributed by atoms with van der Waals surface area (Å²) in [4.78, 5) is 14.1. The second-order valence-electron chi connectivity index (χ2n) is 4.40. The van der Waals surface area contributed by atoms with Crippen LogP contribution in [0, 0.1) is 0 Å². The van der Waals surface area contributed by atoms with Gasteiger partial charge in [0.25, 0.3) is 0 Å². The fourth-order valence-corrected chi connectivity index (χ4v) is 2.28. The van der Waals surface area contributed by atoms with Gasteiger partial charge < -0.3 is 4.90 Å². The highest BCUT2D eigenvalue weighted by molar-refractivity contribution is 8.00. The first-order chi connectivity index (χ1) is 8.65. The standard InChI is InChI=1S/C15H21NOS/c1-4-10-18-12-15(17)16(13(2)3)11-14-8-6-5-7-9-14/h4-9,13H,1,10-12H2,2-3H3. The van der Waals surface area contributed by atoms with Crippen molar-refractivity contribution >= 4 is 17.7 Å². The van der Waals surface area contributed by atoms with Crippen molar-refractivity contribution in [1.82, 2.24) is 4.90 Å². The van der Waals surface area contributed by atoms with Gasteiger partial charge in [-0.2, -0.15) is 0 Å². The molecule has 0 saturated carbocycles. The molecule has 0 saturated heterocycles. The average molecular weight is 263 g/mol. The van der Waals surface area contributed by atoms with Crippen LogP contribution in [0.2, 0.25) is 0 Å². The highest BCUT2D eigenvalue weighted by Crippen LogP contribution is 2.11. The van der Waals surface area contributed by atoms with Gasteiger partial charge in [0.1, 0.15) is 0 Å². The normalized spacial score (nSPS) is 10.4. The van der Waals surface area contributed by atoms with Gasteiger partial charge in [-0.05, 0) is 19.4 Å². The zero-order chi connectivity index (χ0) is 13.4. The Bertz CT molecular complexity index is 375. The van der Waals surface area contributed by atoms with Crippen LogP contribution in [0.5, 0.6) is 0 Å². The molecule has 0 aliphatic heterocycles. The van der Waals surface area contributed by atoms with Crippen LogP contribution < -0.4 is 0 Å². The minimum Gasteiger partial charge on any atom is -0.335 e. The number of hydrogen-bond acceptors (Lipinski definition) is 2. The maximum atomic E-state index is 12.1. The van der Waals surface area contributed by atoms with Gasteiger partial charge in [0, 0.05) is 18.3 Å². The molecule has 0 unspecified atom stereocenters. The summed E-state index contributed by atoms with van der Waals surface area (Å²) in [6.07, 6.45) is 1.83. The molecule has 98 valence electrons. The maximum Gasteiger partial charge on any atom is 0.233 e. The number of thioether (sulfide) groups is 1. The topological polar surface area (TPSA) is 20.3 Å². The SMILES string of the molecule is C=CCSCC(=O)N(Cc1ccccc1)C(C)C. The van der Waals surface area contributed by atoms with Gasteiger partial charge in [-0.15, -0.1) is 18.3 Å². The third-order valence-corrected chi connectivity index (χ3v) is 3.52. The molecule has 0 aliphatic carbocycles. The summed E-state index contributed by atoms with van der Waals surface area (Å²) in [6.45, 7) is 8.46. The van der Waals surface area contributed by atoms with E-state index in [9.17, 15) is 4.79 Å². The zero-order valence-electron chi connectivity index (χ0n) is 11.1. The van der Waals surface area contributed by atoms with Crippen molar-refractivity contribution in [3.05, 3.63) is 48.6 Å². The molecule has 0 aromatic heterocycles. The highest BCUT2D eigenvalue weighted by atomic mass is 32.2. The first-order valence-electron chi connectivity index (χ1n) is 6.17. The van der Waals surface area contributed by atoms with Crippen LogP contribution in [-0.4, -0.2) is 28.4 Å². The number of amides is 1. The van der Waals surface area contributed by atoms with Crippen LogP contribution in [0.4, 0.5) is 0 Å². The van der Waals surface area contributed by atoms with Crippen LogP contribution in [-0.2, 0) is 11.3 Å². The second-order valence-corrected chi connectivity index (χ2v) is 5.44. The van der Waals surface area contributed by atoms with Gasteiger partial charge in [-0.25, -0.2) is 0 Å². The van der Waals surface area contributed by atoms with E-state index in [4.69, 9.17) is 0 Å². The van der Waals surface area contributed by atoms with Crippen molar-refractivity contribution in [1.29, 1.82) is 0 Å². The molecular weight excluding hydrogens is 242 g/mol. The van der Waals surface area contributed by atoms with Crippen LogP contribution in [0.25, 0.3) is 0 Å². The van der Waals surface area contributed by atoms with E-state index in [0.717, 1.165) is 5.75 Å². The van der Waals surface area contributed by atoms with Gasteiger partial charge >= 0.3 is 0 Å². The highest BCUT2D eigenvalue weighted by Gasteiger charge is 2.16. The van der Waals surface area contributed by atoms with Crippen LogP contribution in [0.15, 0.2) is 43.0 Å². The number of hydrogen-bond donors (Lipinski definition) is 0. The molecule has 0 N–H and O–H groups in total. The summed E-state index contributed by atoms with van der Waals surface area (Å²) >= 11 is 1.61. The van der Waals surface area contributed by atoms with E-state index < -0.39 is 0 Å². The summed E-state index contributed by atoms with van der Waals surface area (Å²) in [5.41, 5.74) is 1.17. The Morgan fingerprint density at radius 1 is 1.39 bits per heavy atom. The molecule has 1 aromatic rings. The van der Waals surface area contributed by atoms with Crippen molar-refractivity contribution in [3.63, 3.8) is 0 Å². The Hall–Kier alpha value is -1.22. The first kappa shape index (κ1) is 14.8. The minimum atomic E-state index is 0.195. The lowest BCUT2D eigenvalue weighted by molar-refractivity contribution is -0.130. The molecule has 18 heavy (non-hydrogen) atoms. The lowest BCUT2D eigenvalue weighted by atomic mass is 10.2. The number of carbonyl (C=O) groups is 1. The smallest absolute Gasteiger partial charge is 0.233 e. The van der Waals surface area contributed by atoms with E-state index in [1.54, 1.807) is 11.8 Å². The van der Waals surface area contributed by atoms with Crippen molar-refractivity contribution in [2.45, 2.75) is 26.4 Å². The summed E-state index contributed by atoms with van der Waals surface area (Å²) in [6, 6.07) is 10.3. The van der Waals surface area contributed by atoms with E-state index >= 15 is 0 Å². The predicted molar refractivity (Wildman–Crippen MR) is 79.7 cm³/mol. The summed E-state index contributed by atoms with van der Waals surface area (Å²) in [7, 11) is 0. The second kappa shape index (κ2) is 7.98. The van der Waals surface area contributed by atoms with Gasteiger partial charge in [0.15, 0.2) is 0 Å². The molecule has 0 radical (unpaired) electrons. The van der Waals surface area contributed by atoms with Crippen molar-refractivity contribution in [3.8, 4) is 0 Å². The molecule has 1 amide bonds. The molecule has 0 heterocycles. The van der Waals surface area contributed by atoms with E-state index in [-0.39, 0.29) is 11.9 Å². The molecule has 1 aromatic carbocycles. The van der Waals surface area contributed by atoms with Gasteiger partial charge in [0.05, 0.1) is 5.75 Å². The molecular formula is C15H21NOS. The molecule has 2 nitrogen and oxygen atoms in total. The monoisotopic (exact) mass is 263 g/mol. The third kappa shape index (κ3) is 4.96. The number of benzene rings is 1. The Kier molecular flexibility index (Phi) is 6.58. The van der Waals surface area contributed by atoms with Crippen molar-refractivity contribution in [2.24, 2.45) is 0 Å². The third-order valence-electron chi connectivity index (χ3n) is 2.60. The quantitative estimate of drug-likeness (QED) is 0.555. The summed E-state index contributed by atoms with van der Waals surface area (Å²) in [5, 5.41) is 0. The van der Waals surface area contributed by atoms with Crippen LogP contribution >= 0.6 is 11.8 Å². The van der Waals surface area contributed by atoms with Gasteiger partial charge in [-0.3, -0.25) is 4.79 Å². The van der Waals surface area contributed by atoms with Gasteiger partial charge in [-0.1, -0.05) is 36.4 Å². The molecule has 0 spiro atoms. The largest absolute Gasteiger partial charge is 0.335 e. The first-order valence-corrected chi connectivity index (χ1v) is 7.32. The molecule has 0 aliphatic rings. The minimum absolute atomic E-state index is 0.195. The Balaban J connectivity index is 2.59.